The van der Waals surface area contributed by atoms with Crippen LogP contribution in [0.3, 0.4) is 0 Å². The number of hydrogen-bond acceptors (Lipinski definition) is 6. The molecular formula is C23H28ClN5O2S. The van der Waals surface area contributed by atoms with Gasteiger partial charge in [-0.05, 0) is 55.5 Å². The van der Waals surface area contributed by atoms with Crippen LogP contribution in [0.4, 0.5) is 5.95 Å². The predicted molar refractivity (Wildman–Crippen MR) is 127 cm³/mol. The predicted octanol–water partition coefficient (Wildman–Crippen LogP) is 4.61. The van der Waals surface area contributed by atoms with Crippen molar-refractivity contribution in [3.63, 3.8) is 0 Å². The zero-order valence-corrected chi connectivity index (χ0v) is 19.9. The Labute approximate surface area is 197 Å². The Bertz CT molecular complexity index is 1010. The van der Waals surface area contributed by atoms with E-state index in [1.807, 2.05) is 43.3 Å². The van der Waals surface area contributed by atoms with E-state index in [1.165, 1.54) is 11.8 Å². The van der Waals surface area contributed by atoms with E-state index in [0.29, 0.717) is 23.3 Å². The number of nitrogens with zero attached hydrogens (tertiary/aromatic N) is 4. The second-order valence-corrected chi connectivity index (χ2v) is 9.97. The van der Waals surface area contributed by atoms with E-state index < -0.39 is 0 Å². The number of anilines is 1. The number of rotatable bonds is 8. The molecular weight excluding hydrogens is 446 g/mol. The standard InChI is InChI=1S/C23H28ClN5O2S/c1-16-9-11-28(12-10-16)22-26-27-23(29(22)15-20-4-3-13-31-20)32-17(2)21(30)25-14-18-5-7-19(24)8-6-18/h3-8,13,16-17H,9-12,14-15H2,1-2H3,(H,25,30). The van der Waals surface area contributed by atoms with Gasteiger partial charge in [0.2, 0.25) is 11.9 Å². The molecule has 7 nitrogen and oxygen atoms in total. The fourth-order valence-corrected chi connectivity index (χ4v) is 4.65. The van der Waals surface area contributed by atoms with E-state index in [1.54, 1.807) is 6.26 Å². The lowest BCUT2D eigenvalue weighted by atomic mass is 10.00. The zero-order chi connectivity index (χ0) is 22.5. The Morgan fingerprint density at radius 2 is 2.00 bits per heavy atom. The fourth-order valence-electron chi connectivity index (χ4n) is 3.65. The number of thioether (sulfide) groups is 1. The van der Waals surface area contributed by atoms with Crippen LogP contribution in [0.1, 0.15) is 38.0 Å². The molecule has 1 aliphatic heterocycles. The van der Waals surface area contributed by atoms with Crippen molar-refractivity contribution < 1.29 is 9.21 Å². The number of amides is 1. The van der Waals surface area contributed by atoms with Gasteiger partial charge in [-0.3, -0.25) is 9.36 Å². The summed E-state index contributed by atoms with van der Waals surface area (Å²) in [5.41, 5.74) is 1.00. The summed E-state index contributed by atoms with van der Waals surface area (Å²) in [5.74, 6) is 2.35. The maximum atomic E-state index is 12.7. The highest BCUT2D eigenvalue weighted by Crippen LogP contribution is 2.29. The molecule has 1 atom stereocenters. The zero-order valence-electron chi connectivity index (χ0n) is 18.3. The second-order valence-electron chi connectivity index (χ2n) is 8.22. The van der Waals surface area contributed by atoms with Crippen molar-refractivity contribution in [1.82, 2.24) is 20.1 Å². The van der Waals surface area contributed by atoms with Gasteiger partial charge in [0.15, 0.2) is 5.16 Å². The highest BCUT2D eigenvalue weighted by Gasteiger charge is 2.25. The fraction of sp³-hybridized carbons (Fsp3) is 0.435. The first-order valence-corrected chi connectivity index (χ1v) is 12.1. The molecule has 1 saturated heterocycles. The number of halogens is 1. The van der Waals surface area contributed by atoms with Gasteiger partial charge in [0.1, 0.15) is 5.76 Å². The Balaban J connectivity index is 1.45. The molecule has 1 aliphatic rings. The molecule has 3 heterocycles. The number of hydrogen-bond donors (Lipinski definition) is 1. The SMILES string of the molecule is CC1CCN(c2nnc(SC(C)C(=O)NCc3ccc(Cl)cc3)n2Cc2ccco2)CC1. The molecule has 0 bridgehead atoms. The van der Waals surface area contributed by atoms with Crippen LogP contribution in [-0.4, -0.2) is 39.0 Å². The molecule has 4 rings (SSSR count). The highest BCUT2D eigenvalue weighted by atomic mass is 35.5. The number of piperidine rings is 1. The van der Waals surface area contributed by atoms with E-state index in [0.717, 1.165) is 49.1 Å². The molecule has 32 heavy (non-hydrogen) atoms. The Morgan fingerprint density at radius 1 is 1.25 bits per heavy atom. The summed E-state index contributed by atoms with van der Waals surface area (Å²) in [4.78, 5) is 15.0. The van der Waals surface area contributed by atoms with Crippen molar-refractivity contribution in [2.45, 2.75) is 50.2 Å². The molecule has 170 valence electrons. The summed E-state index contributed by atoms with van der Waals surface area (Å²) in [5, 5.41) is 13.0. The minimum Gasteiger partial charge on any atom is -0.467 e. The molecule has 1 amide bonds. The summed E-state index contributed by atoms with van der Waals surface area (Å²) < 4.78 is 7.63. The molecule has 1 N–H and O–H groups in total. The average molecular weight is 474 g/mol. The summed E-state index contributed by atoms with van der Waals surface area (Å²) in [6, 6.07) is 11.3. The van der Waals surface area contributed by atoms with Crippen LogP contribution in [0.5, 0.6) is 0 Å². The van der Waals surface area contributed by atoms with E-state index in [2.05, 4.69) is 31.9 Å². The molecule has 3 aromatic rings. The van der Waals surface area contributed by atoms with Crippen LogP contribution in [0.15, 0.2) is 52.2 Å². The minimum absolute atomic E-state index is 0.0501. The first-order valence-electron chi connectivity index (χ1n) is 10.9. The number of benzene rings is 1. The van der Waals surface area contributed by atoms with Gasteiger partial charge in [-0.1, -0.05) is 42.4 Å². The van der Waals surface area contributed by atoms with Crippen molar-refractivity contribution in [3.05, 3.63) is 59.0 Å². The number of furan rings is 1. The van der Waals surface area contributed by atoms with Gasteiger partial charge in [0.05, 0.1) is 18.1 Å². The van der Waals surface area contributed by atoms with Gasteiger partial charge in [0.25, 0.3) is 0 Å². The lowest BCUT2D eigenvalue weighted by Gasteiger charge is -2.31. The van der Waals surface area contributed by atoms with Gasteiger partial charge in [0, 0.05) is 24.7 Å². The largest absolute Gasteiger partial charge is 0.467 e. The lowest BCUT2D eigenvalue weighted by molar-refractivity contribution is -0.120. The third kappa shape index (κ3) is 5.66. The van der Waals surface area contributed by atoms with Crippen LogP contribution in [0.25, 0.3) is 0 Å². The molecule has 0 radical (unpaired) electrons. The number of carbonyl (C=O) groups excluding carboxylic acids is 1. The van der Waals surface area contributed by atoms with Gasteiger partial charge >= 0.3 is 0 Å². The molecule has 0 saturated carbocycles. The van der Waals surface area contributed by atoms with Crippen molar-refractivity contribution in [3.8, 4) is 0 Å². The van der Waals surface area contributed by atoms with Crippen molar-refractivity contribution >= 4 is 35.2 Å². The minimum atomic E-state index is -0.323. The van der Waals surface area contributed by atoms with Crippen LogP contribution in [0, 0.1) is 5.92 Å². The molecule has 1 fully saturated rings. The number of carbonyl (C=O) groups is 1. The Kier molecular flexibility index (Phi) is 7.42. The average Bonchev–Trinajstić information content (AvgIpc) is 3.44. The van der Waals surface area contributed by atoms with Crippen molar-refractivity contribution in [1.29, 1.82) is 0 Å². The Hall–Kier alpha value is -2.45. The maximum absolute atomic E-state index is 12.7. The summed E-state index contributed by atoms with van der Waals surface area (Å²) in [7, 11) is 0. The van der Waals surface area contributed by atoms with E-state index >= 15 is 0 Å². The topological polar surface area (TPSA) is 76.2 Å². The van der Waals surface area contributed by atoms with Gasteiger partial charge in [-0.2, -0.15) is 0 Å². The third-order valence-corrected chi connectivity index (χ3v) is 7.02. The first kappa shape index (κ1) is 22.7. The van der Waals surface area contributed by atoms with E-state index in [4.69, 9.17) is 16.0 Å². The molecule has 1 unspecified atom stereocenters. The van der Waals surface area contributed by atoms with Crippen molar-refractivity contribution in [2.24, 2.45) is 5.92 Å². The Morgan fingerprint density at radius 3 is 2.69 bits per heavy atom. The van der Waals surface area contributed by atoms with E-state index in [9.17, 15) is 4.79 Å². The maximum Gasteiger partial charge on any atom is 0.233 e. The quantitative estimate of drug-likeness (QED) is 0.481. The molecule has 1 aromatic carbocycles. The normalized spacial score (nSPS) is 15.7. The van der Waals surface area contributed by atoms with Crippen LogP contribution in [0.2, 0.25) is 5.02 Å². The van der Waals surface area contributed by atoms with Gasteiger partial charge in [-0.25, -0.2) is 0 Å². The van der Waals surface area contributed by atoms with Crippen molar-refractivity contribution in [2.75, 3.05) is 18.0 Å². The smallest absolute Gasteiger partial charge is 0.233 e. The summed E-state index contributed by atoms with van der Waals surface area (Å²) in [6.07, 6.45) is 3.95. The van der Waals surface area contributed by atoms with Crippen LogP contribution < -0.4 is 10.2 Å². The molecule has 2 aromatic heterocycles. The monoisotopic (exact) mass is 473 g/mol. The van der Waals surface area contributed by atoms with Gasteiger partial charge in [-0.15, -0.1) is 10.2 Å². The summed E-state index contributed by atoms with van der Waals surface area (Å²) in [6.45, 7) is 7.07. The second kappa shape index (κ2) is 10.4. The summed E-state index contributed by atoms with van der Waals surface area (Å²) >= 11 is 7.34. The third-order valence-electron chi connectivity index (χ3n) is 5.69. The van der Waals surface area contributed by atoms with Gasteiger partial charge < -0.3 is 14.6 Å². The first-order chi connectivity index (χ1) is 15.5. The number of nitrogens with one attached hydrogen (secondary N) is 1. The van der Waals surface area contributed by atoms with Crippen LogP contribution in [-0.2, 0) is 17.9 Å². The van der Waals surface area contributed by atoms with E-state index in [-0.39, 0.29) is 11.2 Å². The van der Waals surface area contributed by atoms with Crippen LogP contribution >= 0.6 is 23.4 Å². The number of aromatic nitrogens is 3. The lowest BCUT2D eigenvalue weighted by Crippen LogP contribution is -2.35. The highest BCUT2D eigenvalue weighted by molar-refractivity contribution is 8.00. The molecule has 0 spiro atoms. The molecule has 0 aliphatic carbocycles. The molecule has 9 heteroatoms.